The molecule has 0 bridgehead atoms. The number of nitrogens with zero attached hydrogens (tertiary/aromatic N) is 8. The van der Waals surface area contributed by atoms with Crippen LogP contribution in [0.3, 0.4) is 0 Å². The van der Waals surface area contributed by atoms with E-state index in [9.17, 15) is 4.79 Å². The molecule has 0 saturated carbocycles. The highest BCUT2D eigenvalue weighted by molar-refractivity contribution is 9.10. The highest BCUT2D eigenvalue weighted by atomic mass is 79.9. The summed E-state index contributed by atoms with van der Waals surface area (Å²) < 4.78 is 5.64. The monoisotopic (exact) mass is 477 g/mol. The third kappa shape index (κ3) is 2.66. The largest absolute Gasteiger partial charge is 0.368 e. The van der Waals surface area contributed by atoms with Crippen molar-refractivity contribution in [1.82, 2.24) is 33.8 Å². The second-order valence-corrected chi connectivity index (χ2v) is 8.13. The second kappa shape index (κ2) is 6.64. The highest BCUT2D eigenvalue weighted by Gasteiger charge is 2.37. The molecule has 1 saturated heterocycles. The molecule has 2 N–H and O–H groups in total. The first-order valence-corrected chi connectivity index (χ1v) is 10.5. The maximum Gasteiger partial charge on any atom is 0.283 e. The zero-order valence-corrected chi connectivity index (χ0v) is 17.7. The highest BCUT2D eigenvalue weighted by Crippen LogP contribution is 2.36. The Morgan fingerprint density at radius 3 is 2.71 bits per heavy atom. The number of benzene rings is 1. The van der Waals surface area contributed by atoms with Crippen LogP contribution in [0, 0.1) is 0 Å². The lowest BCUT2D eigenvalue weighted by Crippen LogP contribution is -2.46. The van der Waals surface area contributed by atoms with Crippen LogP contribution < -0.4 is 16.2 Å². The van der Waals surface area contributed by atoms with Gasteiger partial charge in [0, 0.05) is 18.8 Å². The Hall–Kier alpha value is -3.73. The number of halogens is 1. The van der Waals surface area contributed by atoms with Gasteiger partial charge in [0.2, 0.25) is 11.9 Å². The lowest BCUT2D eigenvalue weighted by molar-refractivity contribution is 0.415. The number of hydrogen-bond acceptors (Lipinski definition) is 7. The number of hydrogen-bond donors (Lipinski definition) is 1. The van der Waals surface area contributed by atoms with Gasteiger partial charge in [-0.3, -0.25) is 9.36 Å². The van der Waals surface area contributed by atoms with E-state index in [-0.39, 0.29) is 17.5 Å². The topological polar surface area (TPSA) is 112 Å². The number of fused-ring (bicyclic) bond motifs is 2. The smallest absolute Gasteiger partial charge is 0.283 e. The van der Waals surface area contributed by atoms with E-state index >= 15 is 0 Å². The first kappa shape index (κ1) is 18.1. The molecule has 0 radical (unpaired) electrons. The zero-order chi connectivity index (χ0) is 21.1. The fourth-order valence-electron chi connectivity index (χ4n) is 4.00. The number of nitrogen functional groups attached to an aromatic ring is 1. The Morgan fingerprint density at radius 2 is 1.94 bits per heavy atom. The SMILES string of the molecule is Nc1nc(N2CC[C@H]2c2nn3ccc(Br)c3c(=O)n2-c2ccccc2)n2nccc2n1. The Labute approximate surface area is 183 Å². The van der Waals surface area contributed by atoms with Crippen molar-refractivity contribution in [3.05, 3.63) is 75.5 Å². The molecular weight excluding hydrogens is 462 g/mol. The van der Waals surface area contributed by atoms with E-state index < -0.39 is 0 Å². The minimum atomic E-state index is -0.180. The van der Waals surface area contributed by atoms with Crippen molar-refractivity contribution in [3.8, 4) is 5.69 Å². The van der Waals surface area contributed by atoms with Gasteiger partial charge in [0.15, 0.2) is 11.5 Å². The molecule has 1 fully saturated rings. The van der Waals surface area contributed by atoms with Gasteiger partial charge in [-0.2, -0.15) is 24.7 Å². The van der Waals surface area contributed by atoms with Gasteiger partial charge < -0.3 is 10.6 Å². The molecule has 10 nitrogen and oxygen atoms in total. The molecule has 5 heterocycles. The first-order valence-electron chi connectivity index (χ1n) is 9.71. The molecule has 0 amide bonds. The lowest BCUT2D eigenvalue weighted by atomic mass is 10.0. The van der Waals surface area contributed by atoms with Gasteiger partial charge in [0.25, 0.3) is 5.56 Å². The quantitative estimate of drug-likeness (QED) is 0.423. The molecule has 4 aromatic heterocycles. The number of anilines is 2. The average molecular weight is 478 g/mol. The summed E-state index contributed by atoms with van der Waals surface area (Å²) >= 11 is 3.47. The maximum absolute atomic E-state index is 13.5. The minimum Gasteiger partial charge on any atom is -0.368 e. The summed E-state index contributed by atoms with van der Waals surface area (Å²) in [6, 6.07) is 12.9. The van der Waals surface area contributed by atoms with Gasteiger partial charge >= 0.3 is 0 Å². The van der Waals surface area contributed by atoms with Crippen LogP contribution in [0.2, 0.25) is 0 Å². The molecule has 6 rings (SSSR count). The lowest BCUT2D eigenvalue weighted by Gasteiger charge is -2.41. The van der Waals surface area contributed by atoms with Crippen LogP contribution in [0.5, 0.6) is 0 Å². The van der Waals surface area contributed by atoms with Crippen molar-refractivity contribution < 1.29 is 0 Å². The average Bonchev–Trinajstić information content (AvgIpc) is 3.35. The molecule has 31 heavy (non-hydrogen) atoms. The zero-order valence-electron chi connectivity index (χ0n) is 16.1. The van der Waals surface area contributed by atoms with Gasteiger partial charge in [-0.25, -0.2) is 4.52 Å². The molecular formula is C20H16BrN9O. The van der Waals surface area contributed by atoms with Crippen LogP contribution >= 0.6 is 15.9 Å². The van der Waals surface area contributed by atoms with Gasteiger partial charge in [0.1, 0.15) is 5.52 Å². The number of rotatable bonds is 3. The fraction of sp³-hybridized carbons (Fsp3) is 0.150. The van der Waals surface area contributed by atoms with Crippen LogP contribution in [0.15, 0.2) is 64.1 Å². The van der Waals surface area contributed by atoms with E-state index in [4.69, 9.17) is 10.8 Å². The van der Waals surface area contributed by atoms with Crippen molar-refractivity contribution >= 4 is 39.0 Å². The van der Waals surface area contributed by atoms with Crippen LogP contribution in [-0.2, 0) is 0 Å². The minimum absolute atomic E-state index is 0.147. The summed E-state index contributed by atoms with van der Waals surface area (Å²) in [4.78, 5) is 24.2. The molecule has 11 heteroatoms. The molecule has 1 aliphatic rings. The van der Waals surface area contributed by atoms with Crippen molar-refractivity contribution in [2.45, 2.75) is 12.5 Å². The summed E-state index contributed by atoms with van der Waals surface area (Å²) in [7, 11) is 0. The van der Waals surface area contributed by atoms with Gasteiger partial charge in [-0.1, -0.05) is 18.2 Å². The predicted molar refractivity (Wildman–Crippen MR) is 118 cm³/mol. The van der Waals surface area contributed by atoms with Crippen LogP contribution in [0.4, 0.5) is 11.9 Å². The van der Waals surface area contributed by atoms with Crippen molar-refractivity contribution in [1.29, 1.82) is 0 Å². The van der Waals surface area contributed by atoms with Gasteiger partial charge in [-0.15, -0.1) is 0 Å². The van der Waals surface area contributed by atoms with E-state index in [2.05, 4.69) is 31.0 Å². The molecule has 1 atom stereocenters. The Kier molecular flexibility index (Phi) is 3.87. The van der Waals surface area contributed by atoms with Gasteiger partial charge in [-0.05, 0) is 40.5 Å². The van der Waals surface area contributed by atoms with Crippen molar-refractivity contribution in [2.75, 3.05) is 17.2 Å². The van der Waals surface area contributed by atoms with Crippen LogP contribution in [-0.4, -0.2) is 40.3 Å². The van der Waals surface area contributed by atoms with E-state index in [1.807, 2.05) is 41.3 Å². The number of aromatic nitrogens is 7. The predicted octanol–water partition coefficient (Wildman–Crippen LogP) is 2.22. The summed E-state index contributed by atoms with van der Waals surface area (Å²) in [6.45, 7) is 0.730. The summed E-state index contributed by atoms with van der Waals surface area (Å²) in [6.07, 6.45) is 4.24. The van der Waals surface area contributed by atoms with E-state index in [0.29, 0.717) is 27.4 Å². The van der Waals surface area contributed by atoms with Crippen molar-refractivity contribution in [2.24, 2.45) is 0 Å². The van der Waals surface area contributed by atoms with Gasteiger partial charge in [0.05, 0.1) is 22.4 Å². The molecule has 154 valence electrons. The number of nitrogens with two attached hydrogens (primary N) is 1. The summed E-state index contributed by atoms with van der Waals surface area (Å²) in [5, 5.41) is 9.16. The second-order valence-electron chi connectivity index (χ2n) is 7.27. The summed E-state index contributed by atoms with van der Waals surface area (Å²) in [5.74, 6) is 1.37. The molecule has 0 spiro atoms. The van der Waals surface area contributed by atoms with Crippen LogP contribution in [0.1, 0.15) is 18.3 Å². The fourth-order valence-corrected chi connectivity index (χ4v) is 4.47. The summed E-state index contributed by atoms with van der Waals surface area (Å²) in [5.41, 5.74) is 7.65. The molecule has 0 aliphatic carbocycles. The normalized spacial score (nSPS) is 16.2. The molecule has 0 unspecified atom stereocenters. The first-order chi connectivity index (χ1) is 15.1. The van der Waals surface area contributed by atoms with E-state index in [1.54, 1.807) is 32.1 Å². The van der Waals surface area contributed by atoms with Crippen molar-refractivity contribution in [3.63, 3.8) is 0 Å². The van der Waals surface area contributed by atoms with E-state index in [1.165, 1.54) is 0 Å². The third-order valence-corrected chi connectivity index (χ3v) is 6.15. The van der Waals surface area contributed by atoms with Crippen LogP contribution in [0.25, 0.3) is 16.9 Å². The molecule has 5 aromatic rings. The Balaban J connectivity index is 1.58. The third-order valence-electron chi connectivity index (χ3n) is 5.51. The Morgan fingerprint density at radius 1 is 1.10 bits per heavy atom. The van der Waals surface area contributed by atoms with E-state index in [0.717, 1.165) is 18.7 Å². The maximum atomic E-state index is 13.5. The molecule has 1 aromatic carbocycles. The molecule has 1 aliphatic heterocycles. The standard InChI is InChI=1S/C20H16BrN9O/c21-13-7-11-28-16(13)18(31)29(12-4-2-1-3-5-12)17(26-28)14-8-10-27(14)20-25-19(22)24-15-6-9-23-30(15)20/h1-7,9,11,14H,8,10H2,(H2,22,24)/t14-/m0/s1. The number of para-hydroxylation sites is 1. The Bertz CT molecular complexity index is 1500.